The van der Waals surface area contributed by atoms with E-state index in [-0.39, 0.29) is 0 Å². The van der Waals surface area contributed by atoms with Crippen molar-refractivity contribution >= 4 is 0 Å². The van der Waals surface area contributed by atoms with Gasteiger partial charge in [-0.3, -0.25) is 0 Å². The van der Waals surface area contributed by atoms with Crippen molar-refractivity contribution in [3.8, 4) is 0 Å². The lowest BCUT2D eigenvalue weighted by molar-refractivity contribution is 0.0137. The monoisotopic (exact) mass is 270 g/mol. The van der Waals surface area contributed by atoms with Crippen LogP contribution < -0.4 is 5.73 Å². The number of rotatable bonds is 9. The summed E-state index contributed by atoms with van der Waals surface area (Å²) in [5, 5.41) is 0. The minimum absolute atomic E-state index is 0.516. The highest BCUT2D eigenvalue weighted by atomic mass is 16.5. The molecule has 0 saturated carbocycles. The lowest BCUT2D eigenvalue weighted by Gasteiger charge is -2.32. The van der Waals surface area contributed by atoms with E-state index in [4.69, 9.17) is 10.5 Å². The van der Waals surface area contributed by atoms with E-state index in [1.807, 2.05) is 0 Å². The van der Waals surface area contributed by atoms with E-state index in [0.29, 0.717) is 6.10 Å². The lowest BCUT2D eigenvalue weighted by Crippen LogP contribution is -2.37. The van der Waals surface area contributed by atoms with Crippen LogP contribution in [-0.2, 0) is 4.74 Å². The molecular weight excluding hydrogens is 236 g/mol. The molecule has 1 atom stereocenters. The number of ether oxygens (including phenoxy) is 1. The van der Waals surface area contributed by atoms with Crippen LogP contribution in [0.25, 0.3) is 0 Å². The van der Waals surface area contributed by atoms with E-state index in [2.05, 4.69) is 25.7 Å². The summed E-state index contributed by atoms with van der Waals surface area (Å²) in [6.45, 7) is 12.1. The topological polar surface area (TPSA) is 38.5 Å². The second kappa shape index (κ2) is 9.73. The van der Waals surface area contributed by atoms with Crippen molar-refractivity contribution in [2.45, 2.75) is 59.0 Å². The molecule has 0 aliphatic carbocycles. The lowest BCUT2D eigenvalue weighted by atomic mass is 9.88. The fraction of sp³-hybridized carbons (Fsp3) is 1.00. The average Bonchev–Trinajstić information content (AvgIpc) is 2.40. The molecule has 1 saturated heterocycles. The summed E-state index contributed by atoms with van der Waals surface area (Å²) in [4.78, 5) is 2.61. The van der Waals surface area contributed by atoms with E-state index < -0.39 is 0 Å². The maximum atomic E-state index is 5.70. The van der Waals surface area contributed by atoms with Crippen molar-refractivity contribution in [1.29, 1.82) is 0 Å². The third kappa shape index (κ3) is 6.73. The van der Waals surface area contributed by atoms with Crippen LogP contribution in [0.5, 0.6) is 0 Å². The zero-order valence-electron chi connectivity index (χ0n) is 13.2. The van der Waals surface area contributed by atoms with Gasteiger partial charge < -0.3 is 15.4 Å². The average molecular weight is 270 g/mol. The van der Waals surface area contributed by atoms with Crippen molar-refractivity contribution in [3.63, 3.8) is 0 Å². The standard InChI is InChI=1S/C16H34N2O/c1-4-19-16-8-12-18(13-9-16)11-5-6-15(7-10-17)14(2)3/h14-16H,4-13,17H2,1-3H3. The highest BCUT2D eigenvalue weighted by Crippen LogP contribution is 2.21. The summed E-state index contributed by atoms with van der Waals surface area (Å²) in [6.07, 6.45) is 6.78. The molecule has 0 aromatic heterocycles. The van der Waals surface area contributed by atoms with Gasteiger partial charge in [-0.1, -0.05) is 13.8 Å². The Morgan fingerprint density at radius 3 is 2.42 bits per heavy atom. The Hall–Kier alpha value is -0.120. The maximum Gasteiger partial charge on any atom is 0.0599 e. The van der Waals surface area contributed by atoms with Gasteiger partial charge in [0.2, 0.25) is 0 Å². The molecule has 1 fully saturated rings. The molecule has 3 nitrogen and oxygen atoms in total. The van der Waals surface area contributed by atoms with E-state index >= 15 is 0 Å². The summed E-state index contributed by atoms with van der Waals surface area (Å²) < 4.78 is 5.70. The molecule has 3 heteroatoms. The minimum atomic E-state index is 0.516. The van der Waals surface area contributed by atoms with Gasteiger partial charge in [0, 0.05) is 19.7 Å². The first-order valence-electron chi connectivity index (χ1n) is 8.21. The first-order chi connectivity index (χ1) is 9.17. The van der Waals surface area contributed by atoms with Crippen molar-refractivity contribution in [2.24, 2.45) is 17.6 Å². The van der Waals surface area contributed by atoms with Gasteiger partial charge in [0.1, 0.15) is 0 Å². The molecule has 0 amide bonds. The molecule has 1 aliphatic heterocycles. The number of likely N-dealkylation sites (tertiary alicyclic amines) is 1. The van der Waals surface area contributed by atoms with Gasteiger partial charge in [0.05, 0.1) is 6.10 Å². The smallest absolute Gasteiger partial charge is 0.0599 e. The number of hydrogen-bond acceptors (Lipinski definition) is 3. The fourth-order valence-electron chi connectivity index (χ4n) is 3.14. The van der Waals surface area contributed by atoms with Crippen LogP contribution in [0, 0.1) is 11.8 Å². The summed E-state index contributed by atoms with van der Waals surface area (Å²) in [7, 11) is 0. The molecule has 1 rings (SSSR count). The highest BCUT2D eigenvalue weighted by molar-refractivity contribution is 4.73. The molecule has 0 bridgehead atoms. The van der Waals surface area contributed by atoms with Gasteiger partial charge in [-0.2, -0.15) is 0 Å². The van der Waals surface area contributed by atoms with E-state index in [1.54, 1.807) is 0 Å². The molecule has 1 heterocycles. The van der Waals surface area contributed by atoms with Crippen LogP contribution >= 0.6 is 0 Å². The molecular formula is C16H34N2O. The maximum absolute atomic E-state index is 5.70. The van der Waals surface area contributed by atoms with Crippen LogP contribution in [0.2, 0.25) is 0 Å². The molecule has 0 aromatic rings. The van der Waals surface area contributed by atoms with Crippen LogP contribution in [0.15, 0.2) is 0 Å². The van der Waals surface area contributed by atoms with Crippen molar-refractivity contribution in [1.82, 2.24) is 4.90 Å². The van der Waals surface area contributed by atoms with E-state index in [0.717, 1.165) is 25.0 Å². The Morgan fingerprint density at radius 1 is 1.21 bits per heavy atom. The number of nitrogens with zero attached hydrogens (tertiary/aromatic N) is 1. The molecule has 1 unspecified atom stereocenters. The third-order valence-electron chi connectivity index (χ3n) is 4.47. The summed E-state index contributed by atoms with van der Waals surface area (Å²) in [5.74, 6) is 1.58. The SMILES string of the molecule is CCOC1CCN(CCCC(CCN)C(C)C)CC1. The summed E-state index contributed by atoms with van der Waals surface area (Å²) in [5.41, 5.74) is 5.70. The van der Waals surface area contributed by atoms with Crippen LogP contribution in [-0.4, -0.2) is 43.8 Å². The highest BCUT2D eigenvalue weighted by Gasteiger charge is 2.19. The van der Waals surface area contributed by atoms with Gasteiger partial charge in [0.15, 0.2) is 0 Å². The predicted molar refractivity (Wildman–Crippen MR) is 82.3 cm³/mol. The van der Waals surface area contributed by atoms with Gasteiger partial charge in [-0.05, 0) is 64.0 Å². The number of nitrogens with two attached hydrogens (primary N) is 1. The first-order valence-corrected chi connectivity index (χ1v) is 8.21. The second-order valence-electron chi connectivity index (χ2n) is 6.22. The van der Waals surface area contributed by atoms with Crippen molar-refractivity contribution in [2.75, 3.05) is 32.8 Å². The fourth-order valence-corrected chi connectivity index (χ4v) is 3.14. The quantitative estimate of drug-likeness (QED) is 0.700. The Kier molecular flexibility index (Phi) is 8.67. The van der Waals surface area contributed by atoms with Gasteiger partial charge in [0.25, 0.3) is 0 Å². The summed E-state index contributed by atoms with van der Waals surface area (Å²) in [6, 6.07) is 0. The zero-order chi connectivity index (χ0) is 14.1. The molecule has 0 aromatic carbocycles. The van der Waals surface area contributed by atoms with Gasteiger partial charge >= 0.3 is 0 Å². The van der Waals surface area contributed by atoms with Gasteiger partial charge in [-0.15, -0.1) is 0 Å². The number of piperidine rings is 1. The van der Waals surface area contributed by atoms with Crippen LogP contribution in [0.3, 0.4) is 0 Å². The first kappa shape index (κ1) is 16.9. The largest absolute Gasteiger partial charge is 0.378 e. The van der Waals surface area contributed by atoms with Gasteiger partial charge in [-0.25, -0.2) is 0 Å². The second-order valence-corrected chi connectivity index (χ2v) is 6.22. The Balaban J connectivity index is 2.12. The minimum Gasteiger partial charge on any atom is -0.378 e. The molecule has 0 spiro atoms. The predicted octanol–water partition coefficient (Wildman–Crippen LogP) is 2.89. The normalized spacial score (nSPS) is 20.1. The molecule has 0 radical (unpaired) electrons. The molecule has 1 aliphatic rings. The molecule has 19 heavy (non-hydrogen) atoms. The van der Waals surface area contributed by atoms with E-state index in [9.17, 15) is 0 Å². The van der Waals surface area contributed by atoms with Crippen molar-refractivity contribution in [3.05, 3.63) is 0 Å². The molecule has 114 valence electrons. The third-order valence-corrected chi connectivity index (χ3v) is 4.47. The molecule has 2 N–H and O–H groups in total. The Labute approximate surface area is 119 Å². The Bertz CT molecular complexity index is 213. The Morgan fingerprint density at radius 2 is 1.89 bits per heavy atom. The van der Waals surface area contributed by atoms with Crippen LogP contribution in [0.4, 0.5) is 0 Å². The van der Waals surface area contributed by atoms with Crippen molar-refractivity contribution < 1.29 is 4.74 Å². The number of hydrogen-bond donors (Lipinski definition) is 1. The summed E-state index contributed by atoms with van der Waals surface area (Å²) >= 11 is 0. The zero-order valence-corrected chi connectivity index (χ0v) is 13.2. The van der Waals surface area contributed by atoms with Crippen LogP contribution in [0.1, 0.15) is 52.9 Å². The van der Waals surface area contributed by atoms with E-state index in [1.165, 1.54) is 51.7 Å².